The Morgan fingerprint density at radius 2 is 1.85 bits per heavy atom. The van der Waals surface area contributed by atoms with Crippen molar-refractivity contribution < 1.29 is 19.4 Å². The molecule has 1 amide bonds. The van der Waals surface area contributed by atoms with E-state index in [9.17, 15) is 9.59 Å². The minimum atomic E-state index is -0.960. The van der Waals surface area contributed by atoms with E-state index in [4.69, 9.17) is 15.6 Å². The molecule has 0 saturated heterocycles. The first-order chi connectivity index (χ1) is 12.5. The number of aromatic nitrogens is 1. The lowest BCUT2D eigenvalue weighted by Crippen LogP contribution is -2.25. The number of amides is 1. The molecule has 0 radical (unpaired) electrons. The number of aliphatic carboxylic acids is 1. The molecule has 7 nitrogen and oxygen atoms in total. The second-order valence-corrected chi connectivity index (χ2v) is 5.59. The molecule has 0 spiro atoms. The number of carboxylic acid groups (broad SMARTS) is 1. The van der Waals surface area contributed by atoms with E-state index in [-0.39, 0.29) is 18.9 Å². The summed E-state index contributed by atoms with van der Waals surface area (Å²) in [6, 6.07) is 15.7. The Morgan fingerprint density at radius 1 is 1.08 bits per heavy atom. The molecule has 0 fully saturated rings. The fourth-order valence-electron chi connectivity index (χ4n) is 2.40. The number of nitrogen functional groups attached to an aromatic ring is 1. The number of carboxylic acids is 1. The third kappa shape index (κ3) is 4.07. The summed E-state index contributed by atoms with van der Waals surface area (Å²) in [5, 5.41) is 12.0. The molecule has 0 aliphatic carbocycles. The lowest BCUT2D eigenvalue weighted by atomic mass is 10.2. The number of rotatable bonds is 6. The average molecular weight is 351 g/mol. The number of fused-ring (bicyclic) bond motifs is 1. The molecule has 0 atom stereocenters. The highest BCUT2D eigenvalue weighted by atomic mass is 16.5. The molecule has 0 saturated carbocycles. The van der Waals surface area contributed by atoms with Gasteiger partial charge in [-0.25, -0.2) is 4.98 Å². The Hall–Kier alpha value is -3.61. The van der Waals surface area contributed by atoms with Crippen LogP contribution < -0.4 is 15.8 Å². The van der Waals surface area contributed by atoms with Gasteiger partial charge in [0.2, 0.25) is 0 Å². The number of hydrogen-bond donors (Lipinski definition) is 3. The predicted molar refractivity (Wildman–Crippen MR) is 97.3 cm³/mol. The van der Waals surface area contributed by atoms with Crippen molar-refractivity contribution in [3.05, 3.63) is 60.2 Å². The molecule has 3 rings (SSSR count). The number of hydrogen-bond acceptors (Lipinski definition) is 5. The minimum Gasteiger partial charge on any atom is -0.481 e. The van der Waals surface area contributed by atoms with Crippen molar-refractivity contribution in [2.24, 2.45) is 0 Å². The maximum absolute atomic E-state index is 11.9. The minimum absolute atomic E-state index is 0.0789. The van der Waals surface area contributed by atoms with Crippen molar-refractivity contribution in [1.82, 2.24) is 10.3 Å². The topological polar surface area (TPSA) is 115 Å². The van der Waals surface area contributed by atoms with Crippen LogP contribution in [0.15, 0.2) is 54.6 Å². The van der Waals surface area contributed by atoms with Crippen LogP contribution in [0, 0.1) is 0 Å². The van der Waals surface area contributed by atoms with Gasteiger partial charge in [-0.15, -0.1) is 0 Å². The van der Waals surface area contributed by atoms with Gasteiger partial charge in [0.15, 0.2) is 5.75 Å². The van der Waals surface area contributed by atoms with Crippen LogP contribution in [0.1, 0.15) is 16.8 Å². The van der Waals surface area contributed by atoms with E-state index in [1.807, 2.05) is 18.2 Å². The first-order valence-corrected chi connectivity index (χ1v) is 7.96. The van der Waals surface area contributed by atoms with Gasteiger partial charge in [-0.3, -0.25) is 9.59 Å². The van der Waals surface area contributed by atoms with Gasteiger partial charge in [-0.2, -0.15) is 0 Å². The summed E-state index contributed by atoms with van der Waals surface area (Å²) in [5.74, 6) is 0.218. The smallest absolute Gasteiger partial charge is 0.305 e. The van der Waals surface area contributed by atoms with Crippen LogP contribution in [-0.2, 0) is 4.79 Å². The largest absolute Gasteiger partial charge is 0.481 e. The van der Waals surface area contributed by atoms with Gasteiger partial charge in [0.25, 0.3) is 5.91 Å². The number of anilines is 1. The summed E-state index contributed by atoms with van der Waals surface area (Å²) >= 11 is 0. The molecule has 26 heavy (non-hydrogen) atoms. The summed E-state index contributed by atoms with van der Waals surface area (Å²) in [6.07, 6.45) is -0.121. The predicted octanol–water partition coefficient (Wildman–Crippen LogP) is 2.81. The number of nitrogens with two attached hydrogens (primary N) is 1. The fourth-order valence-corrected chi connectivity index (χ4v) is 2.40. The Balaban J connectivity index is 1.73. The number of nitrogens with zero attached hydrogens (tertiary/aromatic N) is 1. The summed E-state index contributed by atoms with van der Waals surface area (Å²) in [4.78, 5) is 26.7. The molecule has 4 N–H and O–H groups in total. The van der Waals surface area contributed by atoms with E-state index in [0.29, 0.717) is 28.4 Å². The quantitative estimate of drug-likeness (QED) is 0.629. The zero-order valence-corrected chi connectivity index (χ0v) is 13.8. The lowest BCUT2D eigenvalue weighted by molar-refractivity contribution is -0.136. The second kappa shape index (κ2) is 7.52. The molecule has 2 aromatic carbocycles. The highest BCUT2D eigenvalue weighted by molar-refractivity contribution is 5.94. The molecule has 1 heterocycles. The molecule has 7 heteroatoms. The Labute approximate surface area is 149 Å². The maximum atomic E-state index is 11.9. The zero-order chi connectivity index (χ0) is 18.5. The molecular weight excluding hydrogens is 334 g/mol. The maximum Gasteiger partial charge on any atom is 0.305 e. The third-order valence-electron chi connectivity index (χ3n) is 3.67. The van der Waals surface area contributed by atoms with Crippen LogP contribution >= 0.6 is 0 Å². The molecule has 1 aromatic heterocycles. The van der Waals surface area contributed by atoms with Crippen LogP contribution in [0.4, 0.5) is 5.82 Å². The van der Waals surface area contributed by atoms with E-state index >= 15 is 0 Å². The van der Waals surface area contributed by atoms with E-state index in [2.05, 4.69) is 10.3 Å². The number of ether oxygens (including phenoxy) is 1. The van der Waals surface area contributed by atoms with Crippen molar-refractivity contribution in [3.63, 3.8) is 0 Å². The van der Waals surface area contributed by atoms with Gasteiger partial charge in [-0.05, 0) is 42.5 Å². The molecular formula is C19H17N3O4. The zero-order valence-electron chi connectivity index (χ0n) is 13.8. The summed E-state index contributed by atoms with van der Waals surface area (Å²) in [5.41, 5.74) is 6.83. The Bertz CT molecular complexity index is 955. The van der Waals surface area contributed by atoms with Crippen LogP contribution in [0.2, 0.25) is 0 Å². The molecule has 3 aromatic rings. The number of para-hydroxylation sites is 1. The van der Waals surface area contributed by atoms with E-state index in [1.165, 1.54) is 0 Å². The first kappa shape index (κ1) is 17.2. The van der Waals surface area contributed by atoms with Gasteiger partial charge < -0.3 is 20.9 Å². The number of pyridine rings is 1. The van der Waals surface area contributed by atoms with Crippen LogP contribution in [0.25, 0.3) is 10.9 Å². The van der Waals surface area contributed by atoms with Crippen LogP contribution in [0.5, 0.6) is 11.5 Å². The molecule has 0 aliphatic rings. The second-order valence-electron chi connectivity index (χ2n) is 5.59. The van der Waals surface area contributed by atoms with Gasteiger partial charge >= 0.3 is 5.97 Å². The van der Waals surface area contributed by atoms with Crippen molar-refractivity contribution in [2.45, 2.75) is 6.42 Å². The molecule has 0 unspecified atom stereocenters. The van der Waals surface area contributed by atoms with Crippen molar-refractivity contribution in [1.29, 1.82) is 0 Å². The standard InChI is InChI=1S/C19H17N3O4/c20-16-9-6-12-2-1-3-15(18(12)22-16)26-14-7-4-13(5-8-14)19(25)21-11-10-17(23)24/h1-9H,10-11H2,(H2,20,22)(H,21,25)(H,23,24). The highest BCUT2D eigenvalue weighted by Crippen LogP contribution is 2.29. The molecule has 0 bridgehead atoms. The SMILES string of the molecule is Nc1ccc2cccc(Oc3ccc(C(=O)NCCC(=O)O)cc3)c2n1. The Kier molecular flexibility index (Phi) is 4.98. The molecule has 132 valence electrons. The normalized spacial score (nSPS) is 10.5. The monoisotopic (exact) mass is 351 g/mol. The first-order valence-electron chi connectivity index (χ1n) is 7.96. The number of benzene rings is 2. The van der Waals surface area contributed by atoms with Crippen molar-refractivity contribution >= 4 is 28.6 Å². The highest BCUT2D eigenvalue weighted by Gasteiger charge is 2.08. The fraction of sp³-hybridized carbons (Fsp3) is 0.105. The Morgan fingerprint density at radius 3 is 2.58 bits per heavy atom. The van der Waals surface area contributed by atoms with E-state index < -0.39 is 5.97 Å². The number of nitrogens with one attached hydrogen (secondary N) is 1. The average Bonchev–Trinajstić information content (AvgIpc) is 2.62. The lowest BCUT2D eigenvalue weighted by Gasteiger charge is -2.09. The summed E-state index contributed by atoms with van der Waals surface area (Å²) in [6.45, 7) is 0.0789. The van der Waals surface area contributed by atoms with Crippen molar-refractivity contribution in [2.75, 3.05) is 12.3 Å². The van der Waals surface area contributed by atoms with Gasteiger partial charge in [-0.1, -0.05) is 12.1 Å². The van der Waals surface area contributed by atoms with Gasteiger partial charge in [0, 0.05) is 17.5 Å². The summed E-state index contributed by atoms with van der Waals surface area (Å²) < 4.78 is 5.87. The van der Waals surface area contributed by atoms with Gasteiger partial charge in [0.05, 0.1) is 6.42 Å². The van der Waals surface area contributed by atoms with E-state index in [1.54, 1.807) is 36.4 Å². The summed E-state index contributed by atoms with van der Waals surface area (Å²) in [7, 11) is 0. The third-order valence-corrected chi connectivity index (χ3v) is 3.67. The van der Waals surface area contributed by atoms with Crippen LogP contribution in [-0.4, -0.2) is 28.5 Å². The van der Waals surface area contributed by atoms with Crippen molar-refractivity contribution in [3.8, 4) is 11.5 Å². The number of carbonyl (C=O) groups excluding carboxylic acids is 1. The van der Waals surface area contributed by atoms with Gasteiger partial charge in [0.1, 0.15) is 17.1 Å². The molecule has 0 aliphatic heterocycles. The van der Waals surface area contributed by atoms with Crippen LogP contribution in [0.3, 0.4) is 0 Å². The number of carbonyl (C=O) groups is 2. The van der Waals surface area contributed by atoms with E-state index in [0.717, 1.165) is 5.39 Å².